The molecule has 0 fully saturated rings. The second kappa shape index (κ2) is 5.22. The number of benzene rings is 1. The van der Waals surface area contributed by atoms with E-state index in [4.69, 9.17) is 0 Å². The highest BCUT2D eigenvalue weighted by molar-refractivity contribution is 8.03. The first-order valence-corrected chi connectivity index (χ1v) is 6.55. The summed E-state index contributed by atoms with van der Waals surface area (Å²) >= 11 is 1.07. The maximum absolute atomic E-state index is 11.7. The topological polar surface area (TPSA) is 77.7 Å². The Morgan fingerprint density at radius 3 is 2.65 bits per heavy atom. The summed E-state index contributed by atoms with van der Waals surface area (Å²) in [5.74, 6) is -0.442. The van der Waals surface area contributed by atoms with Crippen LogP contribution < -0.4 is 0 Å². The molecule has 0 atom stereocenters. The summed E-state index contributed by atoms with van der Waals surface area (Å²) in [5.41, 5.74) is 0.783. The predicted molar refractivity (Wildman–Crippen MR) is 72.2 cm³/mol. The molecule has 98 valence electrons. The Balaban J connectivity index is 1.92. The zero-order valence-electron chi connectivity index (χ0n) is 10.1. The quantitative estimate of drug-likeness (QED) is 0.792. The van der Waals surface area contributed by atoms with E-state index in [9.17, 15) is 9.59 Å². The number of nitrogens with zero attached hydrogens (tertiary/aromatic N) is 4. The average Bonchev–Trinajstić information content (AvgIpc) is 2.92. The summed E-state index contributed by atoms with van der Waals surface area (Å²) < 4.78 is 1.52. The number of rotatable bonds is 3. The van der Waals surface area contributed by atoms with Crippen molar-refractivity contribution in [1.29, 1.82) is 0 Å². The zero-order valence-corrected chi connectivity index (χ0v) is 10.9. The third-order valence-electron chi connectivity index (χ3n) is 2.56. The van der Waals surface area contributed by atoms with Crippen molar-refractivity contribution >= 4 is 23.3 Å². The zero-order chi connectivity index (χ0) is 13.9. The monoisotopic (exact) mass is 284 g/mol. The molecule has 1 aromatic carbocycles. The van der Waals surface area contributed by atoms with E-state index in [0.29, 0.717) is 10.1 Å². The lowest BCUT2D eigenvalue weighted by molar-refractivity contribution is -0.114. The Morgan fingerprint density at radius 2 is 1.85 bits per heavy atom. The lowest BCUT2D eigenvalue weighted by atomic mass is 10.2. The van der Waals surface area contributed by atoms with Crippen LogP contribution in [0, 0.1) is 0 Å². The molecular weight excluding hydrogens is 276 g/mol. The smallest absolute Gasteiger partial charge is 0.219 e. The molecule has 1 aliphatic rings. The van der Waals surface area contributed by atoms with Gasteiger partial charge >= 0.3 is 0 Å². The normalized spacial score (nSPS) is 14.5. The second-order valence-corrected chi connectivity index (χ2v) is 4.93. The van der Waals surface area contributed by atoms with Gasteiger partial charge in [-0.2, -0.15) is 4.68 Å². The Hall–Kier alpha value is -2.54. The van der Waals surface area contributed by atoms with E-state index in [2.05, 4.69) is 15.5 Å². The molecule has 1 aromatic heterocycles. The van der Waals surface area contributed by atoms with Crippen molar-refractivity contribution < 1.29 is 9.59 Å². The molecule has 0 N–H and O–H groups in total. The fraction of sp³-hybridized carbons (Fsp3) is 0. The summed E-state index contributed by atoms with van der Waals surface area (Å²) in [7, 11) is 0. The number of aromatic nitrogens is 4. The molecule has 20 heavy (non-hydrogen) atoms. The van der Waals surface area contributed by atoms with Crippen molar-refractivity contribution in [2.24, 2.45) is 0 Å². The van der Waals surface area contributed by atoms with Gasteiger partial charge in [0, 0.05) is 6.08 Å². The van der Waals surface area contributed by atoms with E-state index in [0.717, 1.165) is 17.4 Å². The van der Waals surface area contributed by atoms with Gasteiger partial charge in [-0.1, -0.05) is 18.2 Å². The number of ketones is 2. The minimum Gasteiger partial charge on any atom is -0.290 e. The fourth-order valence-corrected chi connectivity index (χ4v) is 2.49. The van der Waals surface area contributed by atoms with Crippen molar-refractivity contribution in [1.82, 2.24) is 20.2 Å². The van der Waals surface area contributed by atoms with Gasteiger partial charge in [0.1, 0.15) is 0 Å². The van der Waals surface area contributed by atoms with Gasteiger partial charge in [0.25, 0.3) is 0 Å². The highest BCUT2D eigenvalue weighted by atomic mass is 32.2. The molecule has 0 unspecified atom stereocenters. The van der Waals surface area contributed by atoms with E-state index in [1.807, 2.05) is 30.3 Å². The fourth-order valence-electron chi connectivity index (χ4n) is 1.64. The second-order valence-electron chi connectivity index (χ2n) is 3.92. The number of para-hydroxylation sites is 1. The Bertz CT molecular complexity index is 734. The van der Waals surface area contributed by atoms with Gasteiger partial charge in [0.2, 0.25) is 5.16 Å². The Morgan fingerprint density at radius 1 is 1.05 bits per heavy atom. The minimum absolute atomic E-state index is 0.217. The number of tetrazole rings is 1. The lowest BCUT2D eigenvalue weighted by Gasteiger charge is -2.06. The van der Waals surface area contributed by atoms with Crippen LogP contribution >= 0.6 is 11.8 Å². The molecule has 7 heteroatoms. The SMILES string of the molecule is O=C1C=CC(=O)C(Sc2nnnn2-c2ccccc2)=C1. The first-order chi connectivity index (χ1) is 9.74. The van der Waals surface area contributed by atoms with Crippen molar-refractivity contribution in [2.75, 3.05) is 0 Å². The molecule has 0 aliphatic heterocycles. The number of hydrogen-bond donors (Lipinski definition) is 0. The van der Waals surface area contributed by atoms with E-state index < -0.39 is 0 Å². The highest BCUT2D eigenvalue weighted by Crippen LogP contribution is 2.28. The summed E-state index contributed by atoms with van der Waals surface area (Å²) in [6.07, 6.45) is 3.78. The summed E-state index contributed by atoms with van der Waals surface area (Å²) in [5, 5.41) is 11.8. The Kier molecular flexibility index (Phi) is 3.26. The molecule has 6 nitrogen and oxygen atoms in total. The van der Waals surface area contributed by atoms with Crippen LogP contribution in [0.4, 0.5) is 0 Å². The van der Waals surface area contributed by atoms with E-state index in [1.54, 1.807) is 0 Å². The van der Waals surface area contributed by atoms with Crippen LogP contribution in [-0.4, -0.2) is 31.8 Å². The van der Waals surface area contributed by atoms with Crippen LogP contribution in [0.2, 0.25) is 0 Å². The molecule has 3 rings (SSSR count). The van der Waals surface area contributed by atoms with Crippen molar-refractivity contribution in [3.63, 3.8) is 0 Å². The predicted octanol–water partition coefficient (Wildman–Crippen LogP) is 1.35. The third-order valence-corrected chi connectivity index (χ3v) is 3.53. The lowest BCUT2D eigenvalue weighted by Crippen LogP contribution is -2.06. The van der Waals surface area contributed by atoms with E-state index in [-0.39, 0.29) is 11.6 Å². The summed E-state index contributed by atoms with van der Waals surface area (Å²) in [6.45, 7) is 0. The third kappa shape index (κ3) is 2.43. The van der Waals surface area contributed by atoms with Gasteiger partial charge in [-0.25, -0.2) is 0 Å². The van der Waals surface area contributed by atoms with E-state index in [1.165, 1.54) is 22.9 Å². The van der Waals surface area contributed by atoms with Crippen molar-refractivity contribution in [3.8, 4) is 5.69 Å². The largest absolute Gasteiger partial charge is 0.290 e. The number of allylic oxidation sites excluding steroid dienone is 4. The van der Waals surface area contributed by atoms with Crippen molar-refractivity contribution in [2.45, 2.75) is 5.16 Å². The molecule has 0 spiro atoms. The van der Waals surface area contributed by atoms with Crippen LogP contribution in [0.3, 0.4) is 0 Å². The number of thioether (sulfide) groups is 1. The van der Waals surface area contributed by atoms with Crippen LogP contribution in [0.15, 0.2) is 58.6 Å². The Labute approximate surface area is 118 Å². The van der Waals surface area contributed by atoms with Gasteiger partial charge in [-0.15, -0.1) is 5.10 Å². The van der Waals surface area contributed by atoms with Crippen LogP contribution in [-0.2, 0) is 9.59 Å². The number of hydrogen-bond acceptors (Lipinski definition) is 6. The maximum Gasteiger partial charge on any atom is 0.219 e. The van der Waals surface area contributed by atoms with Crippen LogP contribution in [0.5, 0.6) is 0 Å². The first-order valence-electron chi connectivity index (χ1n) is 5.74. The van der Waals surface area contributed by atoms with Gasteiger partial charge in [0.15, 0.2) is 11.6 Å². The standard InChI is InChI=1S/C13H8N4O2S/c18-10-6-7-11(19)12(8-10)20-13-14-15-16-17(13)9-4-2-1-3-5-9/h1-8H. The molecule has 2 aromatic rings. The molecule has 0 bridgehead atoms. The van der Waals surface area contributed by atoms with Gasteiger partial charge in [-0.3, -0.25) is 9.59 Å². The van der Waals surface area contributed by atoms with E-state index >= 15 is 0 Å². The van der Waals surface area contributed by atoms with Gasteiger partial charge < -0.3 is 0 Å². The van der Waals surface area contributed by atoms with Crippen LogP contribution in [0.25, 0.3) is 5.69 Å². The first kappa shape index (κ1) is 12.5. The molecular formula is C13H8N4O2S. The molecule has 1 heterocycles. The number of carbonyl (C=O) groups excluding carboxylic acids is 2. The van der Waals surface area contributed by atoms with Gasteiger partial charge in [-0.05, 0) is 46.5 Å². The number of carbonyl (C=O) groups is 2. The molecule has 0 amide bonds. The summed E-state index contributed by atoms with van der Waals surface area (Å²) in [4.78, 5) is 23.3. The summed E-state index contributed by atoms with van der Waals surface area (Å²) in [6, 6.07) is 9.31. The van der Waals surface area contributed by atoms with Crippen molar-refractivity contribution in [3.05, 3.63) is 53.5 Å². The average molecular weight is 284 g/mol. The minimum atomic E-state index is -0.225. The maximum atomic E-state index is 11.7. The molecule has 0 saturated carbocycles. The van der Waals surface area contributed by atoms with Crippen LogP contribution in [0.1, 0.15) is 0 Å². The molecule has 1 aliphatic carbocycles. The van der Waals surface area contributed by atoms with Gasteiger partial charge in [0.05, 0.1) is 10.6 Å². The molecule has 0 saturated heterocycles. The molecule has 0 radical (unpaired) electrons. The highest BCUT2D eigenvalue weighted by Gasteiger charge is 2.18.